The molecular formula is C67H92N16O16S8. The van der Waals surface area contributed by atoms with Gasteiger partial charge in [-0.3, -0.25) is 24.2 Å². The van der Waals surface area contributed by atoms with Crippen molar-refractivity contribution in [1.29, 1.82) is 0 Å². The van der Waals surface area contributed by atoms with Crippen molar-refractivity contribution in [2.45, 2.75) is 140 Å². The van der Waals surface area contributed by atoms with Crippen LogP contribution in [0.4, 0.5) is 41.9 Å². The summed E-state index contributed by atoms with van der Waals surface area (Å²) >= 11 is 0. The van der Waals surface area contributed by atoms with Crippen LogP contribution in [0.1, 0.15) is 104 Å². The first-order valence-electron chi connectivity index (χ1n) is 32.5. The molecule has 0 aromatic heterocycles. The Kier molecular flexibility index (Phi) is 46.9. The number of amides is 4. The number of benzene rings is 4. The third kappa shape index (κ3) is 44.1. The minimum absolute atomic E-state index is 0.0525. The third-order valence-corrected chi connectivity index (χ3v) is 25.2. The van der Waals surface area contributed by atoms with Gasteiger partial charge in [-0.1, -0.05) is 266 Å². The van der Waals surface area contributed by atoms with Crippen LogP contribution < -0.4 is 5.32 Å². The number of rotatable bonds is 34. The van der Waals surface area contributed by atoms with Gasteiger partial charge in [0, 0.05) is 105 Å². The first-order chi connectivity index (χ1) is 50.8. The summed E-state index contributed by atoms with van der Waals surface area (Å²) in [7, 11) is 18.5. The highest BCUT2D eigenvalue weighted by Crippen LogP contribution is 2.38. The fourth-order valence-electron chi connectivity index (χ4n) is 8.00. The van der Waals surface area contributed by atoms with Gasteiger partial charge in [-0.05, 0) is 57.1 Å². The van der Waals surface area contributed by atoms with Crippen LogP contribution in [-0.4, -0.2) is 179 Å². The Labute approximate surface area is 654 Å². The highest BCUT2D eigenvalue weighted by molar-refractivity contribution is 8.78. The summed E-state index contributed by atoms with van der Waals surface area (Å²) in [5, 5.41) is 16.8. The lowest BCUT2D eigenvalue weighted by molar-refractivity contribution is -0.145. The average molecular weight is 1630 g/mol. The molecule has 1 N–H and O–H groups in total. The number of carbonyl (C=O) groups is 8. The second kappa shape index (κ2) is 52.8. The molecule has 0 spiro atoms. The van der Waals surface area contributed by atoms with E-state index in [9.17, 15) is 38.4 Å². The van der Waals surface area contributed by atoms with Crippen molar-refractivity contribution in [1.82, 2.24) is 20.0 Å². The lowest BCUT2D eigenvalue weighted by atomic mass is 10.2. The molecule has 1 saturated heterocycles. The molecule has 5 rings (SSSR count). The van der Waals surface area contributed by atoms with Crippen molar-refractivity contribution in [2.75, 3.05) is 84.7 Å². The van der Waals surface area contributed by atoms with Gasteiger partial charge in [-0.15, -0.1) is 0 Å². The molecule has 1 heterocycles. The summed E-state index contributed by atoms with van der Waals surface area (Å²) in [6.07, 6.45) is 0.481. The molecule has 4 amide bonds. The Morgan fingerprint density at radius 2 is 0.897 bits per heavy atom. The topological polar surface area (TPSA) is 427 Å². The standard InChI is InChI=1S/C18H26N4O4S2.2C17H24N4O4S2.C15H18N4O4S2/c1-18(2,3)28-27-12-11-22(10-9-16(23)25-4)17(24)26-13-14-5-7-15(8-6-14)20-21-19;1-17(2,3)27-26-11-14(9-15(22)24-4)19-16(23)25-10-12-5-7-13(8-6-12)20-21-18;1-17(2,3)27-26-10-9-21(11-15(22)24-4)16(23)25-12-13-5-7-14(8-6-13)19-20-18;1-22-14(20)13-7-12(25-24-2)8-19(13)15(21)23-9-10-3-5-11(6-4-10)17-18-16/h5-8H,9-13H2,1-4H3;5-8,14H,9-11H2,1-4H3,(H,19,23);5-8H,9-12H2,1-4H3;3-6,12-13H,7-9H2,1-2H3/t;14-;;12-,13+/m.1.1/s1. The van der Waals surface area contributed by atoms with Crippen molar-refractivity contribution in [3.05, 3.63) is 161 Å². The number of alkyl carbamates (subject to hydrolysis) is 1. The Morgan fingerprint density at radius 1 is 0.514 bits per heavy atom. The van der Waals surface area contributed by atoms with Crippen molar-refractivity contribution < 1.29 is 76.3 Å². The summed E-state index contributed by atoms with van der Waals surface area (Å²) in [6, 6.07) is 25.8. The second-order valence-electron chi connectivity index (χ2n) is 24.9. The molecule has 4 aromatic carbocycles. The Morgan fingerprint density at radius 3 is 1.28 bits per heavy atom. The van der Waals surface area contributed by atoms with Gasteiger partial charge in [-0.25, -0.2) is 24.0 Å². The molecule has 0 radical (unpaired) electrons. The van der Waals surface area contributed by atoms with Gasteiger partial charge >= 0.3 is 48.3 Å². The normalized spacial score (nSPS) is 13.0. The van der Waals surface area contributed by atoms with Crippen LogP contribution in [0.25, 0.3) is 41.8 Å². The smallest absolute Gasteiger partial charge is 0.410 e. The van der Waals surface area contributed by atoms with Gasteiger partial charge in [0.1, 0.15) is 39.0 Å². The number of azide groups is 4. The minimum Gasteiger partial charge on any atom is -0.469 e. The van der Waals surface area contributed by atoms with Crippen molar-refractivity contribution >= 4 is 157 Å². The number of hydrogen-bond acceptors (Lipinski definition) is 28. The van der Waals surface area contributed by atoms with Crippen LogP contribution in [0.3, 0.4) is 0 Å². The van der Waals surface area contributed by atoms with Crippen LogP contribution in [0.5, 0.6) is 0 Å². The fourth-order valence-corrected chi connectivity index (χ4v) is 17.1. The Hall–Kier alpha value is -8.12. The molecule has 1 fully saturated rings. The molecule has 3 atom stereocenters. The van der Waals surface area contributed by atoms with E-state index < -0.39 is 54.4 Å². The zero-order chi connectivity index (χ0) is 79.8. The van der Waals surface area contributed by atoms with Crippen LogP contribution in [0, 0.1) is 0 Å². The lowest BCUT2D eigenvalue weighted by Gasteiger charge is -2.22. The molecule has 584 valence electrons. The van der Waals surface area contributed by atoms with Crippen LogP contribution in [0.15, 0.2) is 118 Å². The largest absolute Gasteiger partial charge is 0.469 e. The SMILES string of the molecule is COC(=O)CCN(CCSSC(C)(C)C)C(=O)OCc1ccc(N=[N+]=[N-])cc1.COC(=O)CN(CCSSC(C)(C)C)C(=O)OCc1ccc(N=[N+]=[N-])cc1.COC(=O)C[C@H](CSSC(C)(C)C)NC(=O)OCc1ccc(N=[N+]=[N-])cc1.COC(=O)[C@@H]1C[C@@H](SSC)CN1C(=O)OCc1ccc(N=[N+]=[N-])cc1. The van der Waals surface area contributed by atoms with E-state index >= 15 is 0 Å². The number of esters is 4. The maximum absolute atomic E-state index is 12.4. The molecule has 0 saturated carbocycles. The number of hydrogen-bond donors (Lipinski definition) is 1. The van der Waals surface area contributed by atoms with Crippen LogP contribution >= 0.6 is 86.4 Å². The fraction of sp³-hybridized carbons (Fsp3) is 0.522. The zero-order valence-electron chi connectivity index (χ0n) is 62.1. The average Bonchev–Trinajstić information content (AvgIpc) is 1.69. The summed E-state index contributed by atoms with van der Waals surface area (Å²) in [5.74, 6) is 0.235. The van der Waals surface area contributed by atoms with E-state index in [4.69, 9.17) is 45.8 Å². The van der Waals surface area contributed by atoms with Crippen molar-refractivity contribution in [2.24, 2.45) is 20.5 Å². The number of nitrogens with zero attached hydrogens (tertiary/aromatic N) is 15. The van der Waals surface area contributed by atoms with Crippen molar-refractivity contribution in [3.63, 3.8) is 0 Å². The Balaban J connectivity index is 0.000000485. The van der Waals surface area contributed by atoms with Gasteiger partial charge < -0.3 is 48.1 Å². The molecule has 0 aliphatic carbocycles. The monoisotopic (exact) mass is 1630 g/mol. The number of nitrogens with one attached hydrogen (secondary N) is 1. The second-order valence-corrected chi connectivity index (χ2v) is 37.3. The number of carbonyl (C=O) groups excluding carboxylic acids is 8. The van der Waals surface area contributed by atoms with E-state index in [1.165, 1.54) is 43.1 Å². The first-order valence-corrected chi connectivity index (χ1v) is 42.1. The molecule has 40 heteroatoms. The van der Waals surface area contributed by atoms with Gasteiger partial charge in [0.05, 0.1) is 47.3 Å². The number of methoxy groups -OCH3 is 4. The molecule has 0 unspecified atom stereocenters. The first kappa shape index (κ1) is 95.0. The predicted molar refractivity (Wildman–Crippen MR) is 429 cm³/mol. The molecule has 1 aliphatic rings. The van der Waals surface area contributed by atoms with E-state index in [0.29, 0.717) is 60.3 Å². The van der Waals surface area contributed by atoms with Gasteiger partial charge in [0.15, 0.2) is 0 Å². The van der Waals surface area contributed by atoms with E-state index in [0.717, 1.165) is 28.0 Å². The highest BCUT2D eigenvalue weighted by atomic mass is 33.1. The van der Waals surface area contributed by atoms with Gasteiger partial charge in [0.2, 0.25) is 0 Å². The van der Waals surface area contributed by atoms with Crippen LogP contribution in [0.2, 0.25) is 0 Å². The maximum atomic E-state index is 12.4. The molecular weight excluding hydrogens is 1540 g/mol. The van der Waals surface area contributed by atoms with Gasteiger partial charge in [-0.2, -0.15) is 0 Å². The van der Waals surface area contributed by atoms with E-state index in [1.807, 2.05) is 6.26 Å². The highest BCUT2D eigenvalue weighted by Gasteiger charge is 2.41. The number of likely N-dealkylation sites (tertiary alicyclic amines) is 1. The van der Waals surface area contributed by atoms with E-state index in [1.54, 1.807) is 183 Å². The van der Waals surface area contributed by atoms with E-state index in [2.05, 4.69) is 122 Å². The molecule has 4 aromatic rings. The summed E-state index contributed by atoms with van der Waals surface area (Å²) < 4.78 is 40.3. The third-order valence-electron chi connectivity index (χ3n) is 13.0. The predicted octanol–water partition coefficient (Wildman–Crippen LogP) is 19.1. The van der Waals surface area contributed by atoms with Crippen LogP contribution in [-0.2, 0) is 83.5 Å². The zero-order valence-corrected chi connectivity index (χ0v) is 68.6. The molecule has 32 nitrogen and oxygen atoms in total. The summed E-state index contributed by atoms with van der Waals surface area (Å²) in [4.78, 5) is 111. The molecule has 107 heavy (non-hydrogen) atoms. The quantitative estimate of drug-likeness (QED) is 0.00863. The van der Waals surface area contributed by atoms with E-state index in [-0.39, 0.29) is 77.8 Å². The van der Waals surface area contributed by atoms with Crippen molar-refractivity contribution in [3.8, 4) is 0 Å². The lowest BCUT2D eigenvalue weighted by Crippen LogP contribution is -2.41. The molecule has 0 bridgehead atoms. The van der Waals surface area contributed by atoms with Gasteiger partial charge in [0.25, 0.3) is 0 Å². The Bertz CT molecular complexity index is 3630. The summed E-state index contributed by atoms with van der Waals surface area (Å²) in [5.41, 5.74) is 38.5. The minimum atomic E-state index is -0.616. The number of ether oxygens (including phenoxy) is 8. The maximum Gasteiger partial charge on any atom is 0.410 e. The molecule has 1 aliphatic heterocycles. The summed E-state index contributed by atoms with van der Waals surface area (Å²) in [6.45, 7) is 20.6.